The van der Waals surface area contributed by atoms with Gasteiger partial charge in [-0.15, -0.1) is 6.58 Å². The number of carboxylic acids is 1. The summed E-state index contributed by atoms with van der Waals surface area (Å²) in [6.07, 6.45) is 1.67. The van der Waals surface area contributed by atoms with E-state index in [1.165, 1.54) is 4.90 Å². The van der Waals surface area contributed by atoms with E-state index in [0.29, 0.717) is 13.1 Å². The fourth-order valence-corrected chi connectivity index (χ4v) is 1.21. The predicted molar refractivity (Wildman–Crippen MR) is 62.1 cm³/mol. The molecule has 1 amide bonds. The summed E-state index contributed by atoms with van der Waals surface area (Å²) in [5.74, 6) is -1.51. The number of hydrogen-bond acceptors (Lipinski definition) is 3. The third-order valence-electron chi connectivity index (χ3n) is 2.22. The highest BCUT2D eigenvalue weighted by molar-refractivity contribution is 5.79. The van der Waals surface area contributed by atoms with Gasteiger partial charge in [0.2, 0.25) is 5.91 Å². The molecule has 0 saturated heterocycles. The molecule has 92 valence electrons. The zero-order valence-electron chi connectivity index (χ0n) is 9.90. The second-order valence-electron chi connectivity index (χ2n) is 3.59. The third kappa shape index (κ3) is 5.50. The van der Waals surface area contributed by atoms with Gasteiger partial charge in [0.05, 0.1) is 12.5 Å². The lowest BCUT2D eigenvalue weighted by Crippen LogP contribution is -2.41. The van der Waals surface area contributed by atoms with Crippen LogP contribution in [0.4, 0.5) is 0 Å². The van der Waals surface area contributed by atoms with E-state index in [-0.39, 0.29) is 19.0 Å². The largest absolute Gasteiger partial charge is 0.481 e. The molecular formula is C11H20N2O3. The molecule has 5 nitrogen and oxygen atoms in total. The Labute approximate surface area is 96.1 Å². The van der Waals surface area contributed by atoms with Crippen LogP contribution < -0.4 is 5.32 Å². The molecule has 0 rings (SSSR count). The van der Waals surface area contributed by atoms with Crippen LogP contribution in [0.25, 0.3) is 0 Å². The quantitative estimate of drug-likeness (QED) is 0.464. The van der Waals surface area contributed by atoms with Crippen LogP contribution in [0.1, 0.15) is 13.8 Å². The third-order valence-corrected chi connectivity index (χ3v) is 2.22. The predicted octanol–water partition coefficient (Wildman–Crippen LogP) is 0.331. The molecular weight excluding hydrogens is 208 g/mol. The second-order valence-corrected chi connectivity index (χ2v) is 3.59. The van der Waals surface area contributed by atoms with Gasteiger partial charge in [-0.05, 0) is 6.92 Å². The van der Waals surface area contributed by atoms with E-state index in [1.54, 1.807) is 13.0 Å². The maximum Gasteiger partial charge on any atom is 0.308 e. The molecule has 0 fully saturated rings. The fraction of sp³-hybridized carbons (Fsp3) is 0.636. The summed E-state index contributed by atoms with van der Waals surface area (Å²) >= 11 is 0. The summed E-state index contributed by atoms with van der Waals surface area (Å²) in [4.78, 5) is 23.8. The Morgan fingerprint density at radius 1 is 1.56 bits per heavy atom. The zero-order chi connectivity index (χ0) is 12.6. The first-order valence-corrected chi connectivity index (χ1v) is 5.35. The summed E-state index contributed by atoms with van der Waals surface area (Å²) in [5.41, 5.74) is 0. The Hall–Kier alpha value is -1.36. The van der Waals surface area contributed by atoms with Gasteiger partial charge in [-0.2, -0.15) is 0 Å². The van der Waals surface area contributed by atoms with Gasteiger partial charge in [0.1, 0.15) is 0 Å². The standard InChI is InChI=1S/C11H20N2O3/c1-4-6-12-7-10(14)13(5-2)8-9(3)11(15)16/h4,9,12H,1,5-8H2,2-3H3,(H,15,16). The van der Waals surface area contributed by atoms with E-state index in [1.807, 2.05) is 6.92 Å². The monoisotopic (exact) mass is 228 g/mol. The SMILES string of the molecule is C=CCNCC(=O)N(CC)CC(C)C(=O)O. The van der Waals surface area contributed by atoms with Crippen LogP contribution in [0.15, 0.2) is 12.7 Å². The number of nitrogens with zero attached hydrogens (tertiary/aromatic N) is 1. The van der Waals surface area contributed by atoms with Crippen LogP contribution in [0, 0.1) is 5.92 Å². The molecule has 1 unspecified atom stereocenters. The maximum absolute atomic E-state index is 11.6. The van der Waals surface area contributed by atoms with E-state index in [4.69, 9.17) is 5.11 Å². The number of carbonyl (C=O) groups excluding carboxylic acids is 1. The zero-order valence-corrected chi connectivity index (χ0v) is 9.90. The molecule has 2 N–H and O–H groups in total. The van der Waals surface area contributed by atoms with E-state index in [0.717, 1.165) is 0 Å². The van der Waals surface area contributed by atoms with Gasteiger partial charge < -0.3 is 15.3 Å². The second kappa shape index (κ2) is 7.87. The number of amides is 1. The Balaban J connectivity index is 4.10. The molecule has 0 spiro atoms. The van der Waals surface area contributed by atoms with Crippen molar-refractivity contribution in [1.29, 1.82) is 0 Å². The first-order valence-electron chi connectivity index (χ1n) is 5.35. The summed E-state index contributed by atoms with van der Waals surface area (Å²) < 4.78 is 0. The van der Waals surface area contributed by atoms with Crippen LogP contribution in [-0.2, 0) is 9.59 Å². The Morgan fingerprint density at radius 3 is 2.62 bits per heavy atom. The normalized spacial score (nSPS) is 11.9. The van der Waals surface area contributed by atoms with Crippen LogP contribution >= 0.6 is 0 Å². The van der Waals surface area contributed by atoms with Gasteiger partial charge in [-0.25, -0.2) is 0 Å². The number of likely N-dealkylation sites (N-methyl/N-ethyl adjacent to an activating group) is 1. The molecule has 0 bridgehead atoms. The Morgan fingerprint density at radius 2 is 2.19 bits per heavy atom. The van der Waals surface area contributed by atoms with Crippen molar-refractivity contribution in [2.24, 2.45) is 5.92 Å². The fourth-order valence-electron chi connectivity index (χ4n) is 1.21. The minimum Gasteiger partial charge on any atom is -0.481 e. The topological polar surface area (TPSA) is 69.6 Å². The molecule has 1 atom stereocenters. The molecule has 0 aromatic rings. The number of rotatable bonds is 8. The molecule has 0 aromatic heterocycles. The number of aliphatic carboxylic acids is 1. The lowest BCUT2D eigenvalue weighted by Gasteiger charge is -2.22. The average Bonchev–Trinajstić information content (AvgIpc) is 2.25. The van der Waals surface area contributed by atoms with E-state index >= 15 is 0 Å². The van der Waals surface area contributed by atoms with E-state index < -0.39 is 11.9 Å². The van der Waals surface area contributed by atoms with Crippen molar-refractivity contribution in [3.63, 3.8) is 0 Å². The van der Waals surface area contributed by atoms with Gasteiger partial charge in [0, 0.05) is 19.6 Å². The molecule has 0 aliphatic heterocycles. The van der Waals surface area contributed by atoms with Gasteiger partial charge in [-0.1, -0.05) is 13.0 Å². The van der Waals surface area contributed by atoms with Crippen LogP contribution in [0.2, 0.25) is 0 Å². The van der Waals surface area contributed by atoms with E-state index in [9.17, 15) is 9.59 Å². The lowest BCUT2D eigenvalue weighted by molar-refractivity contribution is -0.142. The smallest absolute Gasteiger partial charge is 0.308 e. The Bertz CT molecular complexity index is 254. The first kappa shape index (κ1) is 14.6. The van der Waals surface area contributed by atoms with E-state index in [2.05, 4.69) is 11.9 Å². The number of carbonyl (C=O) groups is 2. The maximum atomic E-state index is 11.6. The van der Waals surface area contributed by atoms with Crippen molar-refractivity contribution in [3.8, 4) is 0 Å². The minimum absolute atomic E-state index is 0.0857. The van der Waals surface area contributed by atoms with Gasteiger partial charge in [0.25, 0.3) is 0 Å². The van der Waals surface area contributed by atoms with Gasteiger partial charge >= 0.3 is 5.97 Å². The van der Waals surface area contributed by atoms with Crippen molar-refractivity contribution in [3.05, 3.63) is 12.7 Å². The minimum atomic E-state index is -0.884. The Kier molecular flexibility index (Phi) is 7.20. The summed E-state index contributed by atoms with van der Waals surface area (Å²) in [6.45, 7) is 8.51. The molecule has 16 heavy (non-hydrogen) atoms. The first-order chi connectivity index (χ1) is 7.52. The van der Waals surface area contributed by atoms with Crippen LogP contribution in [-0.4, -0.2) is 48.1 Å². The van der Waals surface area contributed by atoms with Crippen molar-refractivity contribution in [1.82, 2.24) is 10.2 Å². The molecule has 0 heterocycles. The highest BCUT2D eigenvalue weighted by Gasteiger charge is 2.18. The summed E-state index contributed by atoms with van der Waals surface area (Å²) in [5, 5.41) is 11.7. The van der Waals surface area contributed by atoms with Crippen molar-refractivity contribution in [2.45, 2.75) is 13.8 Å². The van der Waals surface area contributed by atoms with Gasteiger partial charge in [0.15, 0.2) is 0 Å². The molecule has 0 aromatic carbocycles. The molecule has 0 aliphatic carbocycles. The summed E-state index contributed by atoms with van der Waals surface area (Å²) in [6, 6.07) is 0. The van der Waals surface area contributed by atoms with Crippen LogP contribution in [0.3, 0.4) is 0 Å². The molecule has 5 heteroatoms. The highest BCUT2D eigenvalue weighted by Crippen LogP contribution is 2.00. The summed E-state index contributed by atoms with van der Waals surface area (Å²) in [7, 11) is 0. The highest BCUT2D eigenvalue weighted by atomic mass is 16.4. The van der Waals surface area contributed by atoms with Crippen molar-refractivity contribution < 1.29 is 14.7 Å². The number of hydrogen-bond donors (Lipinski definition) is 2. The molecule has 0 saturated carbocycles. The molecule has 0 aliphatic rings. The number of nitrogens with one attached hydrogen (secondary N) is 1. The van der Waals surface area contributed by atoms with Crippen molar-refractivity contribution in [2.75, 3.05) is 26.2 Å². The molecule has 0 radical (unpaired) electrons. The number of carboxylic acid groups (broad SMARTS) is 1. The average molecular weight is 228 g/mol. The van der Waals surface area contributed by atoms with Crippen molar-refractivity contribution >= 4 is 11.9 Å². The lowest BCUT2D eigenvalue weighted by atomic mass is 10.1. The van der Waals surface area contributed by atoms with Crippen LogP contribution in [0.5, 0.6) is 0 Å². The van der Waals surface area contributed by atoms with Gasteiger partial charge in [-0.3, -0.25) is 9.59 Å².